The fraction of sp³-hybridized carbons (Fsp3) is 0.750. The number of hydrogen-bond donors (Lipinski definition) is 1. The van der Waals surface area contributed by atoms with Gasteiger partial charge in [0.05, 0.1) is 11.8 Å². The largest absolute Gasteiger partial charge is 0.481 e. The van der Waals surface area contributed by atoms with Gasteiger partial charge in [0.1, 0.15) is 6.61 Å². The van der Waals surface area contributed by atoms with Crippen LogP contribution < -0.4 is 0 Å². The van der Waals surface area contributed by atoms with Gasteiger partial charge in [-0.05, 0) is 11.8 Å². The lowest BCUT2D eigenvalue weighted by Crippen LogP contribution is -2.03. The van der Waals surface area contributed by atoms with Crippen LogP contribution in [0.15, 0.2) is 4.52 Å². The van der Waals surface area contributed by atoms with Gasteiger partial charge in [-0.1, -0.05) is 25.9 Å². The molecule has 1 aliphatic rings. The van der Waals surface area contributed by atoms with Gasteiger partial charge in [0, 0.05) is 6.61 Å². The van der Waals surface area contributed by atoms with Gasteiger partial charge in [0.2, 0.25) is 5.89 Å². The summed E-state index contributed by atoms with van der Waals surface area (Å²) in [6.07, 6.45) is 0.932. The van der Waals surface area contributed by atoms with Gasteiger partial charge in [0.25, 0.3) is 0 Å². The Hall–Kier alpha value is -1.43. The van der Waals surface area contributed by atoms with Crippen LogP contribution in [0.5, 0.6) is 0 Å². The van der Waals surface area contributed by atoms with Crippen molar-refractivity contribution < 1.29 is 19.2 Å². The van der Waals surface area contributed by atoms with E-state index in [4.69, 9.17) is 14.4 Å². The van der Waals surface area contributed by atoms with Crippen LogP contribution in [-0.4, -0.2) is 27.8 Å². The molecule has 6 heteroatoms. The molecule has 0 saturated heterocycles. The number of ether oxygens (including phenoxy) is 1. The lowest BCUT2D eigenvalue weighted by atomic mass is 10.1. The molecule has 18 heavy (non-hydrogen) atoms. The van der Waals surface area contributed by atoms with Crippen LogP contribution in [0.1, 0.15) is 44.8 Å². The molecule has 1 heterocycles. The van der Waals surface area contributed by atoms with Crippen molar-refractivity contribution in [3.05, 3.63) is 11.7 Å². The van der Waals surface area contributed by atoms with Crippen LogP contribution in [0, 0.1) is 11.3 Å². The molecule has 0 aliphatic heterocycles. The monoisotopic (exact) mass is 254 g/mol. The van der Waals surface area contributed by atoms with E-state index in [-0.39, 0.29) is 11.3 Å². The molecule has 1 aromatic heterocycles. The highest BCUT2D eigenvalue weighted by Gasteiger charge is 2.65. The summed E-state index contributed by atoms with van der Waals surface area (Å²) in [6.45, 7) is 6.77. The maximum absolute atomic E-state index is 11.1. The van der Waals surface area contributed by atoms with Crippen LogP contribution in [0.2, 0.25) is 0 Å². The van der Waals surface area contributed by atoms with Crippen LogP contribution >= 0.6 is 0 Å². The molecule has 2 unspecified atom stereocenters. The van der Waals surface area contributed by atoms with Crippen LogP contribution in [-0.2, 0) is 16.1 Å². The first-order valence-electron chi connectivity index (χ1n) is 6.11. The Labute approximate surface area is 105 Å². The summed E-state index contributed by atoms with van der Waals surface area (Å²) in [6, 6.07) is 0. The molecule has 1 fully saturated rings. The molecule has 1 aromatic rings. The van der Waals surface area contributed by atoms with E-state index in [1.165, 1.54) is 0 Å². The van der Waals surface area contributed by atoms with E-state index >= 15 is 0 Å². The summed E-state index contributed by atoms with van der Waals surface area (Å²) < 4.78 is 10.4. The number of nitrogens with zero attached hydrogens (tertiary/aromatic N) is 2. The summed E-state index contributed by atoms with van der Waals surface area (Å²) in [7, 11) is 0. The zero-order chi connectivity index (χ0) is 13.3. The van der Waals surface area contributed by atoms with E-state index in [1.54, 1.807) is 0 Å². The van der Waals surface area contributed by atoms with Crippen LogP contribution in [0.25, 0.3) is 0 Å². The molecule has 100 valence electrons. The Kier molecular flexibility index (Phi) is 3.38. The fourth-order valence-corrected chi connectivity index (χ4v) is 2.32. The standard InChI is InChI=1S/C12H18N2O4/c1-4-5-17-6-7-13-10(18-14-7)8-9(11(15)16)12(8,2)3/h8-9H,4-6H2,1-3H3,(H,15,16). The van der Waals surface area contributed by atoms with E-state index in [0.717, 1.165) is 6.42 Å². The van der Waals surface area contributed by atoms with E-state index in [9.17, 15) is 4.79 Å². The van der Waals surface area contributed by atoms with Gasteiger partial charge in [-0.15, -0.1) is 0 Å². The lowest BCUT2D eigenvalue weighted by Gasteiger charge is -1.96. The number of hydrogen-bond acceptors (Lipinski definition) is 5. The Bertz CT molecular complexity index is 441. The van der Waals surface area contributed by atoms with Crippen molar-refractivity contribution in [2.45, 2.75) is 39.7 Å². The maximum atomic E-state index is 11.1. The predicted octanol–water partition coefficient (Wildman–Crippen LogP) is 1.82. The van der Waals surface area contributed by atoms with E-state index < -0.39 is 11.9 Å². The van der Waals surface area contributed by atoms with Crippen molar-refractivity contribution in [2.24, 2.45) is 11.3 Å². The predicted molar refractivity (Wildman–Crippen MR) is 61.9 cm³/mol. The number of aromatic nitrogens is 2. The molecule has 1 aliphatic carbocycles. The highest BCUT2D eigenvalue weighted by Crippen LogP contribution is 2.63. The first kappa shape index (κ1) is 13.0. The first-order valence-corrected chi connectivity index (χ1v) is 6.11. The zero-order valence-electron chi connectivity index (χ0n) is 10.8. The van der Waals surface area contributed by atoms with Crippen molar-refractivity contribution in [3.8, 4) is 0 Å². The van der Waals surface area contributed by atoms with Gasteiger partial charge in [-0.25, -0.2) is 0 Å². The maximum Gasteiger partial charge on any atom is 0.307 e. The lowest BCUT2D eigenvalue weighted by molar-refractivity contribution is -0.139. The minimum Gasteiger partial charge on any atom is -0.481 e. The fourth-order valence-electron chi connectivity index (χ4n) is 2.32. The third-order valence-corrected chi connectivity index (χ3v) is 3.42. The highest BCUT2D eigenvalue weighted by molar-refractivity contribution is 5.77. The molecular weight excluding hydrogens is 236 g/mol. The number of aliphatic carboxylic acids is 1. The smallest absolute Gasteiger partial charge is 0.307 e. The van der Waals surface area contributed by atoms with Gasteiger partial charge < -0.3 is 14.4 Å². The summed E-state index contributed by atoms with van der Waals surface area (Å²) in [5.41, 5.74) is -0.320. The molecule has 6 nitrogen and oxygen atoms in total. The Morgan fingerprint density at radius 3 is 2.83 bits per heavy atom. The molecular formula is C12H18N2O4. The first-order chi connectivity index (χ1) is 8.48. The number of carboxylic acid groups (broad SMARTS) is 1. The van der Waals surface area contributed by atoms with Crippen molar-refractivity contribution in [3.63, 3.8) is 0 Å². The molecule has 1 N–H and O–H groups in total. The normalized spacial score (nSPS) is 25.1. The molecule has 0 bridgehead atoms. The summed E-state index contributed by atoms with van der Waals surface area (Å²) in [5, 5.41) is 12.9. The molecule has 2 atom stereocenters. The van der Waals surface area contributed by atoms with Crippen molar-refractivity contribution in [1.82, 2.24) is 10.1 Å². The second-order valence-corrected chi connectivity index (χ2v) is 5.22. The average Bonchev–Trinajstić information content (AvgIpc) is 2.68. The molecule has 0 aromatic carbocycles. The number of carboxylic acids is 1. The Morgan fingerprint density at radius 2 is 2.28 bits per heavy atom. The van der Waals surface area contributed by atoms with Gasteiger partial charge in [0.15, 0.2) is 5.82 Å². The quantitative estimate of drug-likeness (QED) is 0.779. The van der Waals surface area contributed by atoms with E-state index in [2.05, 4.69) is 10.1 Å². The molecule has 2 rings (SSSR count). The van der Waals surface area contributed by atoms with Gasteiger partial charge in [-0.2, -0.15) is 4.98 Å². The zero-order valence-corrected chi connectivity index (χ0v) is 10.8. The second-order valence-electron chi connectivity index (χ2n) is 5.22. The molecule has 0 radical (unpaired) electrons. The second kappa shape index (κ2) is 4.68. The summed E-state index contributed by atoms with van der Waals surface area (Å²) in [4.78, 5) is 15.3. The topological polar surface area (TPSA) is 85.5 Å². The third-order valence-electron chi connectivity index (χ3n) is 3.42. The van der Waals surface area contributed by atoms with Crippen LogP contribution in [0.4, 0.5) is 0 Å². The molecule has 1 saturated carbocycles. The third kappa shape index (κ3) is 2.25. The van der Waals surface area contributed by atoms with Gasteiger partial charge in [-0.3, -0.25) is 4.79 Å². The van der Waals surface area contributed by atoms with Crippen LogP contribution in [0.3, 0.4) is 0 Å². The van der Waals surface area contributed by atoms with Crippen molar-refractivity contribution in [1.29, 1.82) is 0 Å². The minimum absolute atomic E-state index is 0.192. The molecule has 0 amide bonds. The van der Waals surface area contributed by atoms with E-state index in [0.29, 0.717) is 24.9 Å². The average molecular weight is 254 g/mol. The summed E-state index contributed by atoms with van der Waals surface area (Å²) >= 11 is 0. The SMILES string of the molecule is CCCOCc1noc(C2C(C(=O)O)C2(C)C)n1. The minimum atomic E-state index is -0.813. The van der Waals surface area contributed by atoms with Crippen molar-refractivity contribution in [2.75, 3.05) is 6.61 Å². The Balaban J connectivity index is 2.01. The van der Waals surface area contributed by atoms with Crippen molar-refractivity contribution >= 4 is 5.97 Å². The summed E-state index contributed by atoms with van der Waals surface area (Å²) in [5.74, 6) is -0.565. The van der Waals surface area contributed by atoms with E-state index in [1.807, 2.05) is 20.8 Å². The Morgan fingerprint density at radius 1 is 1.56 bits per heavy atom. The molecule has 0 spiro atoms. The highest BCUT2D eigenvalue weighted by atomic mass is 16.5. The number of carbonyl (C=O) groups is 1. The number of rotatable bonds is 6. The van der Waals surface area contributed by atoms with Gasteiger partial charge >= 0.3 is 5.97 Å².